The normalized spacial score (nSPS) is 15.1. The van der Waals surface area contributed by atoms with Gasteiger partial charge in [-0.25, -0.2) is 0 Å². The Labute approximate surface area is 99.2 Å². The molecule has 2 unspecified atom stereocenters. The quantitative estimate of drug-likeness (QED) is 0.773. The van der Waals surface area contributed by atoms with E-state index in [0.29, 0.717) is 17.9 Å². The largest absolute Gasteiger partial charge is 0.330 e. The second-order valence-electron chi connectivity index (χ2n) is 4.78. The molecule has 0 heterocycles. The third kappa shape index (κ3) is 3.95. The van der Waals surface area contributed by atoms with Crippen molar-refractivity contribution in [2.45, 2.75) is 26.8 Å². The van der Waals surface area contributed by atoms with Crippen molar-refractivity contribution in [2.75, 3.05) is 13.1 Å². The lowest BCUT2D eigenvalue weighted by molar-refractivity contribution is 0.356. The Morgan fingerprint density at radius 2 is 1.75 bits per heavy atom. The lowest BCUT2D eigenvalue weighted by Gasteiger charge is -2.22. The van der Waals surface area contributed by atoms with Crippen LogP contribution in [0.2, 0.25) is 0 Å². The van der Waals surface area contributed by atoms with Crippen molar-refractivity contribution in [3.05, 3.63) is 35.9 Å². The summed E-state index contributed by atoms with van der Waals surface area (Å²) in [5, 5.41) is 3.55. The van der Waals surface area contributed by atoms with Gasteiger partial charge in [0.1, 0.15) is 0 Å². The van der Waals surface area contributed by atoms with E-state index >= 15 is 0 Å². The molecular weight excluding hydrogens is 196 g/mol. The molecule has 0 aliphatic carbocycles. The topological polar surface area (TPSA) is 38.0 Å². The van der Waals surface area contributed by atoms with Crippen LogP contribution >= 0.6 is 0 Å². The van der Waals surface area contributed by atoms with E-state index in [1.165, 1.54) is 5.56 Å². The van der Waals surface area contributed by atoms with Gasteiger partial charge in [-0.3, -0.25) is 0 Å². The van der Waals surface area contributed by atoms with Crippen LogP contribution < -0.4 is 11.1 Å². The minimum Gasteiger partial charge on any atom is -0.330 e. The molecule has 1 aromatic carbocycles. The highest BCUT2D eigenvalue weighted by Crippen LogP contribution is 2.13. The first kappa shape index (κ1) is 13.2. The van der Waals surface area contributed by atoms with Crippen molar-refractivity contribution in [2.24, 2.45) is 17.6 Å². The maximum Gasteiger partial charge on any atom is 0.0291 e. The van der Waals surface area contributed by atoms with Gasteiger partial charge in [-0.15, -0.1) is 0 Å². The van der Waals surface area contributed by atoms with E-state index in [-0.39, 0.29) is 0 Å². The monoisotopic (exact) mass is 220 g/mol. The Kier molecular flexibility index (Phi) is 5.50. The Bertz CT molecular complexity index is 282. The molecular formula is C14H24N2. The van der Waals surface area contributed by atoms with Crippen LogP contribution in [-0.2, 0) is 0 Å². The van der Waals surface area contributed by atoms with Crippen molar-refractivity contribution < 1.29 is 0 Å². The van der Waals surface area contributed by atoms with Gasteiger partial charge < -0.3 is 11.1 Å². The van der Waals surface area contributed by atoms with Crippen molar-refractivity contribution in [1.29, 1.82) is 0 Å². The molecule has 0 bridgehead atoms. The maximum atomic E-state index is 5.76. The Hall–Kier alpha value is -0.860. The summed E-state index contributed by atoms with van der Waals surface area (Å²) in [6, 6.07) is 10.9. The summed E-state index contributed by atoms with van der Waals surface area (Å²) < 4.78 is 0. The van der Waals surface area contributed by atoms with Crippen molar-refractivity contribution in [3.8, 4) is 0 Å². The fourth-order valence-electron chi connectivity index (χ4n) is 1.78. The minimum absolute atomic E-state index is 0.397. The summed E-state index contributed by atoms with van der Waals surface area (Å²) in [4.78, 5) is 0. The molecule has 3 N–H and O–H groups in total. The summed E-state index contributed by atoms with van der Waals surface area (Å²) in [6.07, 6.45) is 0. The van der Waals surface area contributed by atoms with Crippen LogP contribution in [-0.4, -0.2) is 13.1 Å². The summed E-state index contributed by atoms with van der Waals surface area (Å²) in [7, 11) is 0. The lowest BCUT2D eigenvalue weighted by Crippen LogP contribution is -2.33. The number of nitrogens with one attached hydrogen (secondary N) is 1. The molecule has 16 heavy (non-hydrogen) atoms. The van der Waals surface area contributed by atoms with Crippen LogP contribution in [0, 0.1) is 11.8 Å². The molecule has 0 saturated carbocycles. The highest BCUT2D eigenvalue weighted by Gasteiger charge is 2.12. The van der Waals surface area contributed by atoms with Crippen LogP contribution in [0.25, 0.3) is 0 Å². The average Bonchev–Trinajstić information content (AvgIpc) is 2.30. The van der Waals surface area contributed by atoms with Gasteiger partial charge >= 0.3 is 0 Å². The van der Waals surface area contributed by atoms with Gasteiger partial charge in [0.25, 0.3) is 0 Å². The van der Waals surface area contributed by atoms with Gasteiger partial charge in [0, 0.05) is 6.04 Å². The summed E-state index contributed by atoms with van der Waals surface area (Å²) in [6.45, 7) is 8.40. The number of hydrogen-bond acceptors (Lipinski definition) is 2. The van der Waals surface area contributed by atoms with Gasteiger partial charge in [0.05, 0.1) is 0 Å². The van der Waals surface area contributed by atoms with Crippen LogP contribution in [0.3, 0.4) is 0 Å². The predicted octanol–water partition coefficient (Wildman–Crippen LogP) is 2.57. The van der Waals surface area contributed by atoms with Gasteiger partial charge in [-0.05, 0) is 37.4 Å². The molecule has 0 radical (unpaired) electrons. The third-order valence-corrected chi connectivity index (χ3v) is 3.23. The van der Waals surface area contributed by atoms with Gasteiger partial charge in [0.15, 0.2) is 0 Å². The summed E-state index contributed by atoms with van der Waals surface area (Å²) >= 11 is 0. The highest BCUT2D eigenvalue weighted by molar-refractivity contribution is 5.17. The Morgan fingerprint density at radius 3 is 2.25 bits per heavy atom. The first-order chi connectivity index (χ1) is 7.65. The average molecular weight is 220 g/mol. The minimum atomic E-state index is 0.397. The van der Waals surface area contributed by atoms with Gasteiger partial charge in [0.2, 0.25) is 0 Å². The first-order valence-electron chi connectivity index (χ1n) is 6.13. The summed E-state index contributed by atoms with van der Waals surface area (Å²) in [5.41, 5.74) is 7.09. The molecule has 0 aliphatic rings. The molecule has 2 atom stereocenters. The molecule has 1 rings (SSSR count). The van der Waals surface area contributed by atoms with Crippen LogP contribution in [0.4, 0.5) is 0 Å². The van der Waals surface area contributed by atoms with Crippen LogP contribution in [0.5, 0.6) is 0 Å². The second kappa shape index (κ2) is 6.66. The second-order valence-corrected chi connectivity index (χ2v) is 4.78. The van der Waals surface area contributed by atoms with Gasteiger partial charge in [-0.2, -0.15) is 0 Å². The zero-order valence-corrected chi connectivity index (χ0v) is 10.6. The van der Waals surface area contributed by atoms with E-state index in [1.807, 2.05) is 6.07 Å². The van der Waals surface area contributed by atoms with Crippen LogP contribution in [0.15, 0.2) is 30.3 Å². The SMILES string of the molecule is CC(NCC(CN)C(C)C)c1ccccc1. The molecule has 1 aromatic rings. The smallest absolute Gasteiger partial charge is 0.0291 e. The number of nitrogens with two attached hydrogens (primary N) is 1. The molecule has 0 amide bonds. The molecule has 2 nitrogen and oxygen atoms in total. The van der Waals surface area contributed by atoms with E-state index in [2.05, 4.69) is 50.4 Å². The zero-order valence-electron chi connectivity index (χ0n) is 10.6. The molecule has 0 saturated heterocycles. The zero-order chi connectivity index (χ0) is 12.0. The van der Waals surface area contributed by atoms with E-state index in [4.69, 9.17) is 5.73 Å². The third-order valence-electron chi connectivity index (χ3n) is 3.23. The summed E-state index contributed by atoms with van der Waals surface area (Å²) in [5.74, 6) is 1.20. The molecule has 90 valence electrons. The Morgan fingerprint density at radius 1 is 1.12 bits per heavy atom. The van der Waals surface area contributed by atoms with E-state index in [0.717, 1.165) is 13.1 Å². The van der Waals surface area contributed by atoms with E-state index < -0.39 is 0 Å². The number of hydrogen-bond donors (Lipinski definition) is 2. The fraction of sp³-hybridized carbons (Fsp3) is 0.571. The first-order valence-corrected chi connectivity index (χ1v) is 6.13. The lowest BCUT2D eigenvalue weighted by atomic mass is 9.95. The fourth-order valence-corrected chi connectivity index (χ4v) is 1.78. The molecule has 0 aliphatic heterocycles. The van der Waals surface area contributed by atoms with Crippen LogP contribution in [0.1, 0.15) is 32.4 Å². The maximum absolute atomic E-state index is 5.76. The van der Waals surface area contributed by atoms with Gasteiger partial charge in [-0.1, -0.05) is 44.2 Å². The Balaban J connectivity index is 2.43. The van der Waals surface area contributed by atoms with E-state index in [9.17, 15) is 0 Å². The molecule has 0 spiro atoms. The molecule has 0 fully saturated rings. The standard InChI is InChI=1S/C14H24N2/c1-11(2)14(9-15)10-16-12(3)13-7-5-4-6-8-13/h4-8,11-12,14,16H,9-10,15H2,1-3H3. The van der Waals surface area contributed by atoms with Crippen molar-refractivity contribution >= 4 is 0 Å². The predicted molar refractivity (Wildman–Crippen MR) is 70.2 cm³/mol. The highest BCUT2D eigenvalue weighted by atomic mass is 14.9. The molecule has 2 heteroatoms. The number of rotatable bonds is 6. The van der Waals surface area contributed by atoms with Crippen molar-refractivity contribution in [3.63, 3.8) is 0 Å². The van der Waals surface area contributed by atoms with E-state index in [1.54, 1.807) is 0 Å². The number of benzene rings is 1. The van der Waals surface area contributed by atoms with Crippen molar-refractivity contribution in [1.82, 2.24) is 5.32 Å². The molecule has 0 aromatic heterocycles.